The molecule has 148 valence electrons. The molecule has 1 amide bonds. The van der Waals surface area contributed by atoms with E-state index in [0.29, 0.717) is 6.04 Å². The van der Waals surface area contributed by atoms with Crippen LogP contribution in [0.4, 0.5) is 0 Å². The van der Waals surface area contributed by atoms with E-state index in [9.17, 15) is 4.79 Å². The summed E-state index contributed by atoms with van der Waals surface area (Å²) in [6.07, 6.45) is 11.0. The van der Waals surface area contributed by atoms with Crippen molar-refractivity contribution in [3.8, 4) is 10.6 Å². The van der Waals surface area contributed by atoms with Gasteiger partial charge in [-0.1, -0.05) is 30.6 Å². The van der Waals surface area contributed by atoms with Gasteiger partial charge in [-0.05, 0) is 45.6 Å². The minimum atomic E-state index is 0.0203. The van der Waals surface area contributed by atoms with Crippen LogP contribution >= 0.6 is 51.3 Å². The van der Waals surface area contributed by atoms with Crippen LogP contribution < -0.4 is 0 Å². The Kier molecular flexibility index (Phi) is 8.27. The maximum Gasteiger partial charge on any atom is 0.254 e. The zero-order valence-electron chi connectivity index (χ0n) is 16.4. The number of aromatic nitrogens is 2. The highest BCUT2D eigenvalue weighted by atomic mass is 127. The molecule has 2 aromatic rings. The van der Waals surface area contributed by atoms with E-state index < -0.39 is 0 Å². The van der Waals surface area contributed by atoms with Crippen LogP contribution in [0.3, 0.4) is 0 Å². The van der Waals surface area contributed by atoms with Gasteiger partial charge in [-0.2, -0.15) is 0 Å². The molecule has 3 atom stereocenters. The van der Waals surface area contributed by atoms with Crippen molar-refractivity contribution in [1.29, 1.82) is 0 Å². The van der Waals surface area contributed by atoms with Crippen molar-refractivity contribution in [2.45, 2.75) is 51.5 Å². The monoisotopic (exact) mass is 536 g/mol. The Morgan fingerprint density at radius 2 is 2.26 bits per heavy atom. The number of halogens is 1. The van der Waals surface area contributed by atoms with E-state index in [1.54, 1.807) is 42.6 Å². The van der Waals surface area contributed by atoms with E-state index in [0.717, 1.165) is 35.0 Å². The van der Waals surface area contributed by atoms with Gasteiger partial charge in [0.15, 0.2) is 0 Å². The molecule has 0 radical (unpaired) electrons. The van der Waals surface area contributed by atoms with Crippen molar-refractivity contribution < 1.29 is 6.17 Å². The quantitative estimate of drug-likeness (QED) is 0.350. The number of nitrogens with zero attached hydrogens (tertiary/aromatic N) is 2. The zero-order chi connectivity index (χ0) is 19.9. The molecule has 1 aliphatic heterocycles. The molecule has 2 aromatic heterocycles. The lowest BCUT2D eigenvalue weighted by Crippen LogP contribution is -2.49. The lowest BCUT2D eigenvalue weighted by molar-refractivity contribution is 0.0391. The van der Waals surface area contributed by atoms with Crippen LogP contribution in [0.5, 0.6) is 0 Å². The van der Waals surface area contributed by atoms with Crippen LogP contribution in [0.25, 0.3) is 10.6 Å². The molecule has 1 N–H and O–H groups in total. The molecule has 2 fully saturated rings. The molecule has 1 aliphatic carbocycles. The number of nitrogens with one attached hydrogen (secondary N) is 1. The first-order chi connectivity index (χ1) is 13.6. The molecule has 0 spiro atoms. The number of carbonyl (C=O) groups is 1. The van der Waals surface area contributed by atoms with E-state index in [1.807, 2.05) is 18.4 Å². The second-order valence-electron chi connectivity index (χ2n) is 6.81. The lowest BCUT2D eigenvalue weighted by atomic mass is 9.78. The molecule has 27 heavy (non-hydrogen) atoms. The second-order valence-corrected chi connectivity index (χ2v) is 12.7. The van der Waals surface area contributed by atoms with Crippen LogP contribution in [0.2, 0.25) is 0 Å². The molecule has 1 saturated carbocycles. The number of H-pyrrole nitrogens is 1. The maximum absolute atomic E-state index is 12.9. The van der Waals surface area contributed by atoms with E-state index in [1.165, 1.54) is 32.1 Å². The fourth-order valence-corrected chi connectivity index (χ4v) is 7.08. The number of hydrogen-bond acceptors (Lipinski definition) is 5. The molecule has 3 unspecified atom stereocenters. The minimum absolute atomic E-state index is 0.0203. The number of carbonyl (C=O) groups excluding carboxylic acids is 1. The summed E-state index contributed by atoms with van der Waals surface area (Å²) in [5, 5.41) is 1.99. The molecule has 2 aliphatic rings. The Hall–Kier alpha value is -0.190. The van der Waals surface area contributed by atoms with Crippen LogP contribution in [-0.4, -0.2) is 39.1 Å². The molecule has 1 saturated heterocycles. The van der Waals surface area contributed by atoms with Crippen molar-refractivity contribution in [3.05, 3.63) is 29.5 Å². The highest BCUT2D eigenvalue weighted by Crippen LogP contribution is 2.36. The van der Waals surface area contributed by atoms with E-state index in [-0.39, 0.29) is 11.6 Å². The highest BCUT2D eigenvalue weighted by Gasteiger charge is 2.36. The van der Waals surface area contributed by atoms with Crippen LogP contribution in [0.15, 0.2) is 24.0 Å². The molecule has 8 heteroatoms. The summed E-state index contributed by atoms with van der Waals surface area (Å²) in [5.74, 6) is 0.954. The predicted octanol–water partition coefficient (Wildman–Crippen LogP) is 6.67. The van der Waals surface area contributed by atoms with Gasteiger partial charge in [0, 0.05) is 46.3 Å². The molecule has 0 bridgehead atoms. The van der Waals surface area contributed by atoms with Gasteiger partial charge in [-0.3, -0.25) is 4.79 Å². The number of hydrogen-bond donors (Lipinski definition) is 1. The first kappa shape index (κ1) is 20.1. The summed E-state index contributed by atoms with van der Waals surface area (Å²) in [5.41, 5.74) is 1.84. The number of amides is 1. The van der Waals surface area contributed by atoms with Crippen LogP contribution in [-0.2, 0) is 0 Å². The standard InChI is InChI=1S/C17H21N3OS.C2H5IS2/c21-17(13-8-16(22-10-13)14-9-18-11-19-14)20-7-3-5-12-4-1-2-6-15(12)20;1-2-4-5-3/h8-12,15H,1-7H2,(H,18,19);2H2,1H3/i;2D. The average molecular weight is 537 g/mol. The number of imidazole rings is 1. The summed E-state index contributed by atoms with van der Waals surface area (Å²) in [6, 6.07) is 2.48. The zero-order valence-corrected chi connectivity index (χ0v) is 20.0. The fourth-order valence-electron chi connectivity index (χ4n) is 4.06. The Morgan fingerprint density at radius 3 is 2.96 bits per heavy atom. The lowest BCUT2D eigenvalue weighted by Gasteiger charge is -2.44. The van der Waals surface area contributed by atoms with Gasteiger partial charge in [-0.15, -0.1) is 11.3 Å². The van der Waals surface area contributed by atoms with Crippen molar-refractivity contribution in [1.82, 2.24) is 14.9 Å². The van der Waals surface area contributed by atoms with Crippen molar-refractivity contribution in [2.75, 3.05) is 12.3 Å². The summed E-state index contributed by atoms with van der Waals surface area (Å²) in [7, 11) is 3.16. The van der Waals surface area contributed by atoms with Crippen molar-refractivity contribution in [2.24, 2.45) is 5.92 Å². The van der Waals surface area contributed by atoms with Crippen LogP contribution in [0.1, 0.15) is 57.2 Å². The van der Waals surface area contributed by atoms with Gasteiger partial charge in [0.05, 0.1) is 28.7 Å². The predicted molar refractivity (Wildman–Crippen MR) is 128 cm³/mol. The van der Waals surface area contributed by atoms with Gasteiger partial charge in [0.25, 0.3) is 5.91 Å². The third kappa shape index (κ3) is 5.67. The summed E-state index contributed by atoms with van der Waals surface area (Å²) in [6.45, 7) is 2.78. The SMILES string of the molecule is O=C(c1csc(-c2cnc[nH]2)c1)N1CCCC2CCCCC21.[2H]C(C)SSI. The van der Waals surface area contributed by atoms with Gasteiger partial charge < -0.3 is 9.88 Å². The molecule has 4 rings (SSSR count). The Balaban J connectivity index is 0.000000330. The second kappa shape index (κ2) is 11.1. The van der Waals surface area contributed by atoms with Gasteiger partial charge >= 0.3 is 0 Å². The van der Waals surface area contributed by atoms with Crippen molar-refractivity contribution >= 4 is 57.2 Å². The Morgan fingerprint density at radius 1 is 1.44 bits per heavy atom. The number of aromatic amines is 1. The molecule has 0 aromatic carbocycles. The Bertz CT molecular complexity index is 739. The van der Waals surface area contributed by atoms with Crippen molar-refractivity contribution in [3.63, 3.8) is 0 Å². The van der Waals surface area contributed by atoms with E-state index in [2.05, 4.69) is 36.1 Å². The molecule has 3 heterocycles. The summed E-state index contributed by atoms with van der Waals surface area (Å²) >= 11 is 3.77. The number of piperidine rings is 1. The number of thiophene rings is 1. The summed E-state index contributed by atoms with van der Waals surface area (Å²) < 4.78 is 6.91. The van der Waals surface area contributed by atoms with Gasteiger partial charge in [-0.25, -0.2) is 4.98 Å². The first-order valence-electron chi connectivity index (χ1n) is 9.92. The third-order valence-corrected chi connectivity index (χ3v) is 9.14. The number of fused-ring (bicyclic) bond motifs is 1. The fraction of sp³-hybridized carbons (Fsp3) is 0.579. The smallest absolute Gasteiger partial charge is 0.254 e. The normalized spacial score (nSPS) is 23.6. The number of likely N-dealkylation sites (tertiary alicyclic amines) is 1. The van der Waals surface area contributed by atoms with E-state index >= 15 is 0 Å². The Labute approximate surface area is 187 Å². The molecular formula is C19H26IN3OS3. The van der Waals surface area contributed by atoms with Crippen LogP contribution in [0, 0.1) is 5.92 Å². The highest BCUT2D eigenvalue weighted by molar-refractivity contribution is 14.2. The molecular weight excluding hydrogens is 509 g/mol. The van der Waals surface area contributed by atoms with Gasteiger partial charge in [0.1, 0.15) is 0 Å². The molecule has 4 nitrogen and oxygen atoms in total. The summed E-state index contributed by atoms with van der Waals surface area (Å²) in [4.78, 5) is 23.3. The largest absolute Gasteiger partial charge is 0.344 e. The third-order valence-electron chi connectivity index (χ3n) is 5.25. The van der Waals surface area contributed by atoms with E-state index in [4.69, 9.17) is 1.37 Å². The first-order valence-corrected chi connectivity index (χ1v) is 15.0. The van der Waals surface area contributed by atoms with Gasteiger partial charge in [0.2, 0.25) is 0 Å². The minimum Gasteiger partial charge on any atom is -0.344 e. The number of rotatable bonds is 4. The topological polar surface area (TPSA) is 49.0 Å². The maximum atomic E-state index is 12.9. The average Bonchev–Trinajstić information content (AvgIpc) is 3.39.